The van der Waals surface area contributed by atoms with E-state index in [0.29, 0.717) is 11.5 Å². The minimum Gasteiger partial charge on any atom is -0.406 e. The SMILES string of the molecule is Cc1cccc(C)c1N1CCS/C1=N\C(=O)NC1CCCC1c1ccc(-c2ncn(-c3ccc(OC(F)(F)F)cc3)n2)cc1. The number of nitrogens with one attached hydrogen (secondary N) is 1. The summed E-state index contributed by atoms with van der Waals surface area (Å²) in [6.45, 7) is 4.98. The number of aromatic nitrogens is 3. The molecule has 1 aromatic heterocycles. The fourth-order valence-electron chi connectivity index (χ4n) is 5.94. The molecular weight excluding hydrogens is 589 g/mol. The van der Waals surface area contributed by atoms with Crippen molar-refractivity contribution in [2.45, 2.75) is 51.4 Å². The van der Waals surface area contributed by atoms with Crippen LogP contribution >= 0.6 is 11.8 Å². The van der Waals surface area contributed by atoms with Crippen LogP contribution in [0.3, 0.4) is 0 Å². The number of anilines is 1. The maximum absolute atomic E-state index is 13.1. The third-order valence-corrected chi connectivity index (χ3v) is 8.89. The van der Waals surface area contributed by atoms with Gasteiger partial charge in [-0.25, -0.2) is 14.5 Å². The van der Waals surface area contributed by atoms with Crippen LogP contribution in [0.5, 0.6) is 5.75 Å². The summed E-state index contributed by atoms with van der Waals surface area (Å²) in [5, 5.41) is 8.40. The molecule has 2 aliphatic rings. The molecule has 1 aliphatic heterocycles. The molecule has 0 bridgehead atoms. The summed E-state index contributed by atoms with van der Waals surface area (Å²) in [6.07, 6.45) is -0.377. The van der Waals surface area contributed by atoms with E-state index in [1.54, 1.807) is 11.8 Å². The van der Waals surface area contributed by atoms with E-state index in [0.717, 1.165) is 64.7 Å². The van der Waals surface area contributed by atoms with Crippen molar-refractivity contribution in [2.24, 2.45) is 4.99 Å². The smallest absolute Gasteiger partial charge is 0.406 e. The summed E-state index contributed by atoms with van der Waals surface area (Å²) in [5.74, 6) is 1.24. The van der Waals surface area contributed by atoms with Gasteiger partial charge < -0.3 is 15.0 Å². The number of rotatable bonds is 6. The van der Waals surface area contributed by atoms with Gasteiger partial charge in [0.2, 0.25) is 0 Å². The molecule has 2 fully saturated rings. The predicted molar refractivity (Wildman–Crippen MR) is 166 cm³/mol. The highest BCUT2D eigenvalue weighted by molar-refractivity contribution is 8.14. The van der Waals surface area contributed by atoms with Crippen molar-refractivity contribution >= 4 is 28.6 Å². The van der Waals surface area contributed by atoms with Gasteiger partial charge in [-0.05, 0) is 67.6 Å². The van der Waals surface area contributed by atoms with Crippen LogP contribution in [0.15, 0.2) is 78.0 Å². The number of alkyl halides is 3. The van der Waals surface area contributed by atoms with E-state index in [-0.39, 0.29) is 23.7 Å². The van der Waals surface area contributed by atoms with Gasteiger partial charge in [-0.1, -0.05) is 60.6 Å². The zero-order valence-electron chi connectivity index (χ0n) is 24.2. The Morgan fingerprint density at radius 2 is 1.75 bits per heavy atom. The third-order valence-electron chi connectivity index (χ3n) is 7.93. The summed E-state index contributed by atoms with van der Waals surface area (Å²) in [6, 6.07) is 19.3. The summed E-state index contributed by atoms with van der Waals surface area (Å²) < 4.78 is 42.8. The van der Waals surface area contributed by atoms with Gasteiger partial charge in [0.05, 0.1) is 5.69 Å². The minimum atomic E-state index is -4.75. The Labute approximate surface area is 257 Å². The maximum atomic E-state index is 13.1. The van der Waals surface area contributed by atoms with Crippen molar-refractivity contribution in [1.29, 1.82) is 0 Å². The Balaban J connectivity index is 1.11. The molecule has 1 saturated carbocycles. The van der Waals surface area contributed by atoms with Gasteiger partial charge in [-0.2, -0.15) is 4.99 Å². The first-order valence-electron chi connectivity index (χ1n) is 14.4. The van der Waals surface area contributed by atoms with Crippen LogP contribution < -0.4 is 15.0 Å². The van der Waals surface area contributed by atoms with E-state index >= 15 is 0 Å². The largest absolute Gasteiger partial charge is 0.573 e. The quantitative estimate of drug-likeness (QED) is 0.242. The second-order valence-corrected chi connectivity index (χ2v) is 12.0. The van der Waals surface area contributed by atoms with E-state index in [9.17, 15) is 18.0 Å². The molecule has 228 valence electrons. The molecule has 2 atom stereocenters. The van der Waals surface area contributed by atoms with E-state index in [4.69, 9.17) is 0 Å². The number of para-hydroxylation sites is 1. The first-order valence-corrected chi connectivity index (χ1v) is 15.4. The van der Waals surface area contributed by atoms with Gasteiger partial charge in [-0.3, -0.25) is 0 Å². The number of hydrogen-bond donors (Lipinski definition) is 1. The summed E-state index contributed by atoms with van der Waals surface area (Å²) in [5.41, 5.74) is 5.92. The molecule has 2 amide bonds. The molecule has 1 N–H and O–H groups in total. The van der Waals surface area contributed by atoms with Crippen LogP contribution in [-0.4, -0.2) is 50.7 Å². The summed E-state index contributed by atoms with van der Waals surface area (Å²) >= 11 is 1.60. The number of aliphatic imine (C=N–C) groups is 1. The fourth-order valence-corrected chi connectivity index (χ4v) is 6.88. The van der Waals surface area contributed by atoms with E-state index in [1.807, 2.05) is 30.3 Å². The standard InChI is InChI=1S/C32H31F3N6O2S/c1-20-5-3-6-21(2)28(20)40-17-18-44-31(40)38-30(42)37-27-8-4-7-26(27)22-9-11-23(12-10-22)29-36-19-41(39-29)24-13-15-25(16-14-24)43-32(33,34)35/h3,5-6,9-16,19,26-27H,4,7-8,17-18H2,1-2H3,(H,37,42)/b38-31-. The lowest BCUT2D eigenvalue weighted by molar-refractivity contribution is -0.274. The molecule has 3 aromatic carbocycles. The Bertz CT molecular complexity index is 1650. The van der Waals surface area contributed by atoms with Gasteiger partial charge in [0, 0.05) is 35.5 Å². The van der Waals surface area contributed by atoms with Gasteiger partial charge >= 0.3 is 12.4 Å². The van der Waals surface area contributed by atoms with Gasteiger partial charge in [0.25, 0.3) is 0 Å². The first-order chi connectivity index (χ1) is 21.1. The Morgan fingerprint density at radius 1 is 1.02 bits per heavy atom. The third kappa shape index (κ3) is 6.59. The average molecular weight is 621 g/mol. The van der Waals surface area contributed by atoms with Crippen molar-refractivity contribution in [3.63, 3.8) is 0 Å². The van der Waals surface area contributed by atoms with Crippen molar-refractivity contribution < 1.29 is 22.7 Å². The van der Waals surface area contributed by atoms with Crippen molar-refractivity contribution in [2.75, 3.05) is 17.2 Å². The number of carbonyl (C=O) groups excluding carboxylic acids is 1. The van der Waals surface area contributed by atoms with Crippen LogP contribution in [0.1, 0.15) is 41.9 Å². The Hall–Kier alpha value is -4.32. The molecule has 1 saturated heterocycles. The highest BCUT2D eigenvalue weighted by Gasteiger charge is 2.32. The number of benzene rings is 3. The minimum absolute atomic E-state index is 0.0145. The molecule has 2 unspecified atom stereocenters. The highest BCUT2D eigenvalue weighted by atomic mass is 32.2. The fraction of sp³-hybridized carbons (Fsp3) is 0.312. The molecule has 6 rings (SSSR count). The number of hydrogen-bond acceptors (Lipinski definition) is 5. The predicted octanol–water partition coefficient (Wildman–Crippen LogP) is 7.40. The maximum Gasteiger partial charge on any atom is 0.573 e. The number of carbonyl (C=O) groups is 1. The lowest BCUT2D eigenvalue weighted by Crippen LogP contribution is -2.36. The number of thioether (sulfide) groups is 1. The Kier molecular flexibility index (Phi) is 8.35. The molecule has 1 aliphatic carbocycles. The summed E-state index contributed by atoms with van der Waals surface area (Å²) in [4.78, 5) is 24.1. The molecule has 0 spiro atoms. The molecule has 4 aromatic rings. The number of ether oxygens (including phenoxy) is 1. The number of nitrogens with zero attached hydrogens (tertiary/aromatic N) is 5. The number of urea groups is 1. The second kappa shape index (κ2) is 12.4. The highest BCUT2D eigenvalue weighted by Crippen LogP contribution is 2.36. The average Bonchev–Trinajstić information content (AvgIpc) is 3.75. The molecule has 2 heterocycles. The zero-order valence-corrected chi connectivity index (χ0v) is 25.0. The van der Waals surface area contributed by atoms with Crippen LogP contribution in [0, 0.1) is 13.8 Å². The van der Waals surface area contributed by atoms with Crippen LogP contribution in [0.2, 0.25) is 0 Å². The van der Waals surface area contributed by atoms with Crippen LogP contribution in [0.4, 0.5) is 23.7 Å². The lowest BCUT2D eigenvalue weighted by Gasteiger charge is -2.23. The van der Waals surface area contributed by atoms with Crippen LogP contribution in [-0.2, 0) is 0 Å². The topological polar surface area (TPSA) is 84.6 Å². The number of amides is 2. The van der Waals surface area contributed by atoms with Crippen LogP contribution in [0.25, 0.3) is 17.1 Å². The van der Waals surface area contributed by atoms with Crippen molar-refractivity contribution in [3.8, 4) is 22.8 Å². The molecule has 0 radical (unpaired) electrons. The van der Waals surface area contributed by atoms with Crippen molar-refractivity contribution in [1.82, 2.24) is 20.1 Å². The summed E-state index contributed by atoms with van der Waals surface area (Å²) in [7, 11) is 0. The number of amidine groups is 1. The number of halogens is 3. The molecule has 12 heteroatoms. The lowest BCUT2D eigenvalue weighted by atomic mass is 9.93. The van der Waals surface area contributed by atoms with E-state index < -0.39 is 6.36 Å². The zero-order chi connectivity index (χ0) is 30.8. The second-order valence-electron chi connectivity index (χ2n) is 10.9. The van der Waals surface area contributed by atoms with Crippen molar-refractivity contribution in [3.05, 3.63) is 89.7 Å². The number of aryl methyl sites for hydroxylation is 2. The van der Waals surface area contributed by atoms with Gasteiger partial charge in [0.1, 0.15) is 12.1 Å². The normalized spacial score (nSPS) is 19.5. The molecule has 44 heavy (non-hydrogen) atoms. The molecule has 8 nitrogen and oxygen atoms in total. The van der Waals surface area contributed by atoms with Gasteiger partial charge in [-0.15, -0.1) is 18.3 Å². The Morgan fingerprint density at radius 3 is 2.45 bits per heavy atom. The van der Waals surface area contributed by atoms with Gasteiger partial charge in [0.15, 0.2) is 11.0 Å². The first kappa shape index (κ1) is 29.7. The van der Waals surface area contributed by atoms with E-state index in [2.05, 4.69) is 56.0 Å². The van der Waals surface area contributed by atoms with E-state index in [1.165, 1.54) is 35.3 Å². The molecular formula is C32H31F3N6O2S. The monoisotopic (exact) mass is 620 g/mol.